The van der Waals surface area contributed by atoms with Gasteiger partial charge in [-0.2, -0.15) is 0 Å². The van der Waals surface area contributed by atoms with Crippen molar-refractivity contribution in [2.75, 3.05) is 6.61 Å². The number of nitrogens with two attached hydrogens (primary N) is 1. The summed E-state index contributed by atoms with van der Waals surface area (Å²) >= 11 is 0. The maximum absolute atomic E-state index is 11.8. The Bertz CT molecular complexity index is 1260. The topological polar surface area (TPSA) is 99.2 Å². The van der Waals surface area contributed by atoms with Crippen LogP contribution in [0.15, 0.2) is 104 Å². The van der Waals surface area contributed by atoms with Crippen LogP contribution in [0.25, 0.3) is 0 Å². The second kappa shape index (κ2) is 14.2. The van der Waals surface area contributed by atoms with Gasteiger partial charge in [0.25, 0.3) is 0 Å². The standard InChI is InChI=1S/C17H16N2.C15H22N2O3/c1-14-12-19(13-18-14)17(15-8-4-2-5-9-15)16-10-6-3-7-11-16;1-11(18)13(17-14(19)15(2,3)16)10-20-9-12-7-5-4-6-8-12/h2-13,17H,1H3;4-8,13H,9-10,16H2,1-3H3,(H,17,19). The van der Waals surface area contributed by atoms with Crippen molar-refractivity contribution in [3.63, 3.8) is 0 Å². The van der Waals surface area contributed by atoms with E-state index in [1.807, 2.05) is 55.7 Å². The van der Waals surface area contributed by atoms with Gasteiger partial charge in [-0.15, -0.1) is 0 Å². The summed E-state index contributed by atoms with van der Waals surface area (Å²) < 4.78 is 7.65. The molecule has 0 aliphatic rings. The number of rotatable bonds is 10. The largest absolute Gasteiger partial charge is 0.374 e. The zero-order valence-corrected chi connectivity index (χ0v) is 23.1. The van der Waals surface area contributed by atoms with Crippen LogP contribution in [0, 0.1) is 6.92 Å². The molecule has 1 amide bonds. The van der Waals surface area contributed by atoms with E-state index in [0.29, 0.717) is 6.61 Å². The van der Waals surface area contributed by atoms with E-state index in [1.54, 1.807) is 13.8 Å². The van der Waals surface area contributed by atoms with Crippen LogP contribution in [0.4, 0.5) is 0 Å². The Balaban J connectivity index is 0.000000216. The molecule has 39 heavy (non-hydrogen) atoms. The molecule has 1 atom stereocenters. The molecule has 3 aromatic carbocycles. The Labute approximate surface area is 231 Å². The third kappa shape index (κ3) is 9.32. The summed E-state index contributed by atoms with van der Waals surface area (Å²) in [5.41, 5.74) is 9.25. The Hall–Kier alpha value is -4.07. The lowest BCUT2D eigenvalue weighted by atomic mass is 9.99. The molecule has 4 rings (SSSR count). The van der Waals surface area contributed by atoms with Crippen molar-refractivity contribution in [1.82, 2.24) is 14.9 Å². The number of ketones is 1. The van der Waals surface area contributed by atoms with Crippen molar-refractivity contribution in [2.45, 2.75) is 51.9 Å². The number of Topliss-reactive ketones (excluding diaryl/α,β-unsaturated/α-hetero) is 1. The Morgan fingerprint density at radius 1 is 0.923 bits per heavy atom. The highest BCUT2D eigenvalue weighted by atomic mass is 16.5. The van der Waals surface area contributed by atoms with Crippen LogP contribution in [0.2, 0.25) is 0 Å². The van der Waals surface area contributed by atoms with Gasteiger partial charge >= 0.3 is 0 Å². The van der Waals surface area contributed by atoms with Crippen molar-refractivity contribution in [3.05, 3.63) is 126 Å². The molecule has 204 valence electrons. The summed E-state index contributed by atoms with van der Waals surface area (Å²) in [6.07, 6.45) is 3.99. The molecule has 1 heterocycles. The summed E-state index contributed by atoms with van der Waals surface area (Å²) in [5.74, 6) is -0.531. The molecule has 0 fully saturated rings. The molecule has 1 unspecified atom stereocenters. The van der Waals surface area contributed by atoms with Crippen LogP contribution < -0.4 is 11.1 Å². The van der Waals surface area contributed by atoms with Gasteiger partial charge in [0.2, 0.25) is 5.91 Å². The molecular formula is C32H38N4O3. The van der Waals surface area contributed by atoms with Crippen LogP contribution >= 0.6 is 0 Å². The van der Waals surface area contributed by atoms with Crippen molar-refractivity contribution in [2.24, 2.45) is 5.73 Å². The Morgan fingerprint density at radius 3 is 1.87 bits per heavy atom. The van der Waals surface area contributed by atoms with Gasteiger partial charge in [0, 0.05) is 6.20 Å². The molecule has 3 N–H and O–H groups in total. The number of hydrogen-bond acceptors (Lipinski definition) is 5. The molecule has 1 aromatic heterocycles. The highest BCUT2D eigenvalue weighted by Gasteiger charge is 2.26. The average Bonchev–Trinajstić information content (AvgIpc) is 3.35. The quantitative estimate of drug-likeness (QED) is 0.308. The third-order valence-electron chi connectivity index (χ3n) is 6.04. The lowest BCUT2D eigenvalue weighted by Gasteiger charge is -2.22. The van der Waals surface area contributed by atoms with Crippen LogP contribution in [0.1, 0.15) is 49.2 Å². The van der Waals surface area contributed by atoms with Gasteiger partial charge < -0.3 is 20.4 Å². The SMILES string of the molecule is CC(=O)C(COCc1ccccc1)NC(=O)C(C)(C)N.Cc1cn(C(c2ccccc2)c2ccccc2)cn1. The Kier molecular flexibility index (Phi) is 10.7. The molecule has 7 heteroatoms. The Morgan fingerprint density at radius 2 is 1.44 bits per heavy atom. The van der Waals surface area contributed by atoms with Gasteiger partial charge in [-0.3, -0.25) is 9.59 Å². The molecule has 0 aliphatic heterocycles. The summed E-state index contributed by atoms with van der Waals surface area (Å²) in [4.78, 5) is 27.6. The highest BCUT2D eigenvalue weighted by molar-refractivity contribution is 5.91. The molecule has 7 nitrogen and oxygen atoms in total. The number of carbonyl (C=O) groups is 2. The molecule has 4 aromatic rings. The van der Waals surface area contributed by atoms with E-state index in [-0.39, 0.29) is 24.3 Å². The van der Waals surface area contributed by atoms with Gasteiger partial charge in [-0.1, -0.05) is 91.0 Å². The van der Waals surface area contributed by atoms with Gasteiger partial charge in [0.15, 0.2) is 5.78 Å². The second-order valence-electron chi connectivity index (χ2n) is 10.0. The monoisotopic (exact) mass is 526 g/mol. The summed E-state index contributed by atoms with van der Waals surface area (Å²) in [7, 11) is 0. The molecule has 0 aliphatic carbocycles. The van der Waals surface area contributed by atoms with E-state index in [9.17, 15) is 9.59 Å². The minimum absolute atomic E-state index is 0.131. The smallest absolute Gasteiger partial charge is 0.240 e. The molecule has 0 spiro atoms. The van der Waals surface area contributed by atoms with Crippen molar-refractivity contribution < 1.29 is 14.3 Å². The van der Waals surface area contributed by atoms with Crippen LogP contribution in [-0.2, 0) is 20.9 Å². The van der Waals surface area contributed by atoms with E-state index in [2.05, 4.69) is 69.6 Å². The highest BCUT2D eigenvalue weighted by Crippen LogP contribution is 2.26. The van der Waals surface area contributed by atoms with E-state index in [0.717, 1.165) is 11.3 Å². The number of nitrogens with zero attached hydrogens (tertiary/aromatic N) is 2. The summed E-state index contributed by atoms with van der Waals surface area (Å²) in [6, 6.07) is 30.2. The lowest BCUT2D eigenvalue weighted by molar-refractivity contribution is -0.131. The van der Waals surface area contributed by atoms with Crippen molar-refractivity contribution in [1.29, 1.82) is 0 Å². The van der Waals surface area contributed by atoms with Crippen molar-refractivity contribution in [3.8, 4) is 0 Å². The fourth-order valence-corrected chi connectivity index (χ4v) is 3.86. The number of nitrogens with one attached hydrogen (secondary N) is 1. The molecule has 0 saturated carbocycles. The third-order valence-corrected chi connectivity index (χ3v) is 6.04. The minimum Gasteiger partial charge on any atom is -0.374 e. The maximum atomic E-state index is 11.8. The van der Waals surface area contributed by atoms with E-state index in [1.165, 1.54) is 18.1 Å². The summed E-state index contributed by atoms with van der Waals surface area (Å²) in [5, 5.41) is 2.60. The molecule has 0 radical (unpaired) electrons. The fraction of sp³-hybridized carbons (Fsp3) is 0.281. The zero-order valence-electron chi connectivity index (χ0n) is 23.1. The number of aromatic nitrogens is 2. The van der Waals surface area contributed by atoms with Gasteiger partial charge in [0.05, 0.1) is 36.8 Å². The summed E-state index contributed by atoms with van der Waals surface area (Å²) in [6.45, 7) is 7.14. The molecular weight excluding hydrogens is 488 g/mol. The first-order valence-electron chi connectivity index (χ1n) is 13.0. The van der Waals surface area contributed by atoms with Crippen molar-refractivity contribution >= 4 is 11.7 Å². The fourth-order valence-electron chi connectivity index (χ4n) is 3.86. The van der Waals surface area contributed by atoms with Crippen LogP contribution in [0.3, 0.4) is 0 Å². The van der Waals surface area contributed by atoms with E-state index in [4.69, 9.17) is 10.5 Å². The lowest BCUT2D eigenvalue weighted by Crippen LogP contribution is -2.54. The normalized spacial score (nSPS) is 11.8. The average molecular weight is 527 g/mol. The van der Waals surface area contributed by atoms with E-state index >= 15 is 0 Å². The van der Waals surface area contributed by atoms with Crippen LogP contribution in [0.5, 0.6) is 0 Å². The number of aryl methyl sites for hydroxylation is 1. The number of hydrogen-bond donors (Lipinski definition) is 2. The maximum Gasteiger partial charge on any atom is 0.240 e. The first kappa shape index (κ1) is 29.5. The van der Waals surface area contributed by atoms with Gasteiger partial charge in [-0.25, -0.2) is 4.98 Å². The van der Waals surface area contributed by atoms with E-state index < -0.39 is 11.6 Å². The number of amides is 1. The number of ether oxygens (including phenoxy) is 1. The first-order valence-corrected chi connectivity index (χ1v) is 13.0. The van der Waals surface area contributed by atoms with Crippen LogP contribution in [-0.4, -0.2) is 39.4 Å². The first-order chi connectivity index (χ1) is 18.6. The number of benzene rings is 3. The van der Waals surface area contributed by atoms with Gasteiger partial charge in [0.1, 0.15) is 6.04 Å². The molecule has 0 saturated heterocycles. The number of imidazole rings is 1. The van der Waals surface area contributed by atoms with Gasteiger partial charge in [-0.05, 0) is 44.4 Å². The zero-order chi connectivity index (χ0) is 28.3. The minimum atomic E-state index is -1.02. The number of carbonyl (C=O) groups excluding carboxylic acids is 2. The predicted octanol–water partition coefficient (Wildman–Crippen LogP) is 4.84. The second-order valence-corrected chi connectivity index (χ2v) is 10.0. The predicted molar refractivity (Wildman–Crippen MR) is 154 cm³/mol. The molecule has 0 bridgehead atoms.